The fraction of sp³-hybridized carbons (Fsp3) is 0.629. The van der Waals surface area contributed by atoms with Gasteiger partial charge in [-0.15, -0.1) is 0 Å². The Bertz CT molecular complexity index is 1150. The van der Waals surface area contributed by atoms with Crippen molar-refractivity contribution < 1.29 is 19.7 Å². The minimum atomic E-state index is -0.550. The van der Waals surface area contributed by atoms with Crippen LogP contribution in [-0.2, 0) is 25.8 Å². The first kappa shape index (κ1) is 32.0. The smallest absolute Gasteiger partial charge is 0.306 e. The van der Waals surface area contributed by atoms with Gasteiger partial charge in [0.2, 0.25) is 0 Å². The minimum Gasteiger partial charge on any atom is -0.508 e. The molecule has 0 atom stereocenters. The molecule has 0 saturated carbocycles. The van der Waals surface area contributed by atoms with E-state index in [-0.39, 0.29) is 51.9 Å². The normalized spacial score (nSPS) is 18.5. The first-order valence-electron chi connectivity index (χ1n) is 14.7. The predicted molar refractivity (Wildman–Crippen MR) is 164 cm³/mol. The molecule has 0 spiro atoms. The number of hydrogen-bond acceptors (Lipinski definition) is 5. The van der Waals surface area contributed by atoms with Crippen molar-refractivity contribution in [2.24, 2.45) is 0 Å². The second-order valence-corrected chi connectivity index (χ2v) is 15.5. The SMILES string of the molecule is CN1C(C)(C)CC(OC(=O)CCC(C)(c2ccc(O)c(C(C)(C)C)c2)c2ccc(O)c(C(C)(C)C)c2)CC1(C)C. The van der Waals surface area contributed by atoms with E-state index in [9.17, 15) is 15.0 Å². The number of carbonyl (C=O) groups excluding carboxylic acids is 1. The maximum Gasteiger partial charge on any atom is 0.306 e. The van der Waals surface area contributed by atoms with Crippen LogP contribution in [0.2, 0.25) is 0 Å². The van der Waals surface area contributed by atoms with Crippen LogP contribution in [0.3, 0.4) is 0 Å². The number of likely N-dealkylation sites (tertiary alicyclic amines) is 1. The Morgan fingerprint density at radius 1 is 0.825 bits per heavy atom. The third-order valence-electron chi connectivity index (χ3n) is 9.28. The molecule has 5 heteroatoms. The Morgan fingerprint density at radius 3 is 1.60 bits per heavy atom. The van der Waals surface area contributed by atoms with E-state index in [2.05, 4.69) is 100 Å². The lowest BCUT2D eigenvalue weighted by molar-refractivity contribution is -0.159. The summed E-state index contributed by atoms with van der Waals surface area (Å²) in [7, 11) is 2.15. The molecule has 0 bridgehead atoms. The van der Waals surface area contributed by atoms with Gasteiger partial charge >= 0.3 is 5.97 Å². The van der Waals surface area contributed by atoms with Crippen LogP contribution in [0.4, 0.5) is 0 Å². The third-order valence-corrected chi connectivity index (χ3v) is 9.28. The van der Waals surface area contributed by atoms with E-state index in [0.717, 1.165) is 35.1 Å². The topological polar surface area (TPSA) is 70.0 Å². The second-order valence-electron chi connectivity index (χ2n) is 15.5. The molecule has 0 aliphatic carbocycles. The molecular weight excluding hydrogens is 498 g/mol. The van der Waals surface area contributed by atoms with Crippen molar-refractivity contribution in [2.75, 3.05) is 7.05 Å². The second kappa shape index (κ2) is 10.7. The molecule has 0 unspecified atom stereocenters. The number of benzene rings is 2. The molecule has 0 aromatic heterocycles. The number of phenols is 2. The van der Waals surface area contributed by atoms with E-state index in [0.29, 0.717) is 6.42 Å². The Hall–Kier alpha value is -2.53. The van der Waals surface area contributed by atoms with Gasteiger partial charge in [-0.25, -0.2) is 0 Å². The minimum absolute atomic E-state index is 0.0635. The van der Waals surface area contributed by atoms with E-state index < -0.39 is 5.41 Å². The Labute approximate surface area is 242 Å². The fourth-order valence-electron chi connectivity index (χ4n) is 6.38. The summed E-state index contributed by atoms with van der Waals surface area (Å²) in [5, 5.41) is 21.4. The summed E-state index contributed by atoms with van der Waals surface area (Å²) < 4.78 is 6.13. The maximum absolute atomic E-state index is 13.4. The van der Waals surface area contributed by atoms with E-state index in [4.69, 9.17) is 4.74 Å². The zero-order valence-electron chi connectivity index (χ0n) is 27.0. The van der Waals surface area contributed by atoms with Crippen LogP contribution in [0.25, 0.3) is 0 Å². The van der Waals surface area contributed by atoms with Crippen molar-refractivity contribution in [3.05, 3.63) is 58.7 Å². The van der Waals surface area contributed by atoms with Crippen molar-refractivity contribution >= 4 is 5.97 Å². The summed E-state index contributed by atoms with van der Waals surface area (Å²) in [6.45, 7) is 23.5. The number of piperidine rings is 1. The van der Waals surface area contributed by atoms with Gasteiger partial charge in [0.25, 0.3) is 0 Å². The standard InChI is InChI=1S/C35H53NO4/c1-31(2,3)26-19-23(13-15-28(26)37)35(11,24-14-16-29(38)27(20-24)32(4,5)6)18-17-30(39)40-25-21-33(7,8)36(12)34(9,10)22-25/h13-16,19-20,25,37-38H,17-18,21-22H2,1-12H3. The highest BCUT2D eigenvalue weighted by Crippen LogP contribution is 2.44. The first-order chi connectivity index (χ1) is 18.1. The molecule has 1 heterocycles. The van der Waals surface area contributed by atoms with Gasteiger partial charge in [-0.1, -0.05) is 72.7 Å². The molecule has 3 rings (SSSR count). The van der Waals surface area contributed by atoms with Crippen molar-refractivity contribution in [1.82, 2.24) is 4.90 Å². The number of carbonyl (C=O) groups is 1. The molecule has 222 valence electrons. The lowest BCUT2D eigenvalue weighted by atomic mass is 9.70. The monoisotopic (exact) mass is 551 g/mol. The summed E-state index contributed by atoms with van der Waals surface area (Å²) in [5.74, 6) is 0.357. The highest BCUT2D eigenvalue weighted by atomic mass is 16.5. The fourth-order valence-corrected chi connectivity index (χ4v) is 6.38. The van der Waals surface area contributed by atoms with E-state index in [1.54, 1.807) is 12.1 Å². The molecule has 1 aliphatic heterocycles. The highest BCUT2D eigenvalue weighted by Gasteiger charge is 2.44. The molecule has 0 radical (unpaired) electrons. The lowest BCUT2D eigenvalue weighted by Gasteiger charge is -2.53. The summed E-state index contributed by atoms with van der Waals surface area (Å²) >= 11 is 0. The quantitative estimate of drug-likeness (QED) is 0.356. The molecule has 1 saturated heterocycles. The zero-order chi connectivity index (χ0) is 30.5. The molecule has 2 aromatic rings. The lowest BCUT2D eigenvalue weighted by Crippen LogP contribution is -2.60. The van der Waals surface area contributed by atoms with Crippen molar-refractivity contribution in [3.8, 4) is 11.5 Å². The first-order valence-corrected chi connectivity index (χ1v) is 14.7. The number of rotatable bonds is 6. The number of hydrogen-bond donors (Lipinski definition) is 2. The molecule has 40 heavy (non-hydrogen) atoms. The molecular formula is C35H53NO4. The van der Waals surface area contributed by atoms with Crippen LogP contribution in [0.1, 0.15) is 124 Å². The van der Waals surface area contributed by atoms with Gasteiger partial charge in [0.15, 0.2) is 0 Å². The Kier molecular flexibility index (Phi) is 8.56. The van der Waals surface area contributed by atoms with Crippen LogP contribution < -0.4 is 0 Å². The number of esters is 1. The van der Waals surface area contributed by atoms with Crippen molar-refractivity contribution in [1.29, 1.82) is 0 Å². The Morgan fingerprint density at radius 2 is 1.23 bits per heavy atom. The molecule has 2 aromatic carbocycles. The Balaban J connectivity index is 1.98. The van der Waals surface area contributed by atoms with Crippen LogP contribution in [0.15, 0.2) is 36.4 Å². The van der Waals surface area contributed by atoms with Crippen LogP contribution in [-0.4, -0.2) is 45.3 Å². The van der Waals surface area contributed by atoms with E-state index >= 15 is 0 Å². The van der Waals surface area contributed by atoms with Gasteiger partial charge in [-0.3, -0.25) is 9.69 Å². The zero-order valence-corrected chi connectivity index (χ0v) is 27.0. The summed E-state index contributed by atoms with van der Waals surface area (Å²) in [5.41, 5.74) is 2.60. The average Bonchev–Trinajstić information content (AvgIpc) is 2.79. The summed E-state index contributed by atoms with van der Waals surface area (Å²) in [6.07, 6.45) is 2.28. The van der Waals surface area contributed by atoms with Gasteiger partial charge in [0.05, 0.1) is 0 Å². The highest BCUT2D eigenvalue weighted by molar-refractivity contribution is 5.70. The van der Waals surface area contributed by atoms with E-state index in [1.807, 2.05) is 12.1 Å². The van der Waals surface area contributed by atoms with Crippen LogP contribution in [0, 0.1) is 0 Å². The summed E-state index contributed by atoms with van der Waals surface area (Å²) in [6, 6.07) is 11.6. The van der Waals surface area contributed by atoms with Gasteiger partial charge in [0, 0.05) is 35.8 Å². The number of ether oxygens (including phenoxy) is 1. The maximum atomic E-state index is 13.4. The third kappa shape index (κ3) is 6.67. The molecule has 5 nitrogen and oxygen atoms in total. The van der Waals surface area contributed by atoms with Gasteiger partial charge < -0.3 is 14.9 Å². The van der Waals surface area contributed by atoms with Crippen molar-refractivity contribution in [2.45, 2.75) is 135 Å². The average molecular weight is 552 g/mol. The van der Waals surface area contributed by atoms with Crippen molar-refractivity contribution in [3.63, 3.8) is 0 Å². The molecule has 0 amide bonds. The summed E-state index contributed by atoms with van der Waals surface area (Å²) in [4.78, 5) is 15.8. The van der Waals surface area contributed by atoms with Crippen LogP contribution in [0.5, 0.6) is 11.5 Å². The molecule has 1 aliphatic rings. The molecule has 1 fully saturated rings. The number of phenolic OH excluding ortho intramolecular Hbond substituents is 2. The predicted octanol–water partition coefficient (Wildman–Crippen LogP) is 7.97. The molecule has 2 N–H and O–H groups in total. The van der Waals surface area contributed by atoms with E-state index in [1.165, 1.54) is 0 Å². The number of aromatic hydroxyl groups is 2. The van der Waals surface area contributed by atoms with Gasteiger partial charge in [0.1, 0.15) is 17.6 Å². The van der Waals surface area contributed by atoms with Gasteiger partial charge in [-0.2, -0.15) is 0 Å². The largest absolute Gasteiger partial charge is 0.508 e. The number of nitrogens with zero attached hydrogens (tertiary/aromatic N) is 1. The van der Waals surface area contributed by atoms with Gasteiger partial charge in [-0.05, 0) is 86.4 Å². The van der Waals surface area contributed by atoms with Crippen LogP contribution >= 0.6 is 0 Å².